The van der Waals surface area contributed by atoms with Crippen LogP contribution in [-0.2, 0) is 9.59 Å². The second-order valence-electron chi connectivity index (χ2n) is 6.81. The molecule has 0 aromatic carbocycles. The molecule has 0 bridgehead atoms. The number of anilines is 2. The third-order valence-electron chi connectivity index (χ3n) is 4.40. The summed E-state index contributed by atoms with van der Waals surface area (Å²) in [6.45, 7) is 4.21. The van der Waals surface area contributed by atoms with E-state index in [0.717, 1.165) is 38.5 Å². The van der Waals surface area contributed by atoms with Crippen LogP contribution in [0.4, 0.5) is 11.4 Å². The van der Waals surface area contributed by atoms with Gasteiger partial charge in [-0.2, -0.15) is 0 Å². The Kier molecular flexibility index (Phi) is 9.11. The van der Waals surface area contributed by atoms with Crippen molar-refractivity contribution in [2.75, 3.05) is 10.6 Å². The third kappa shape index (κ3) is 6.76. The Labute approximate surface area is 167 Å². The van der Waals surface area contributed by atoms with Crippen LogP contribution in [0.1, 0.15) is 65.2 Å². The van der Waals surface area contributed by atoms with Crippen LogP contribution in [-0.4, -0.2) is 21.8 Å². The molecule has 0 saturated carbocycles. The van der Waals surface area contributed by atoms with E-state index in [4.69, 9.17) is 0 Å². The molecule has 0 spiro atoms. The highest BCUT2D eigenvalue weighted by atomic mass is 16.2. The fourth-order valence-corrected chi connectivity index (χ4v) is 2.89. The predicted octanol–water partition coefficient (Wildman–Crippen LogP) is 5.18. The molecule has 6 heteroatoms. The number of rotatable bonds is 11. The molecule has 2 aromatic heterocycles. The Morgan fingerprint density at radius 1 is 0.750 bits per heavy atom. The van der Waals surface area contributed by atoms with E-state index < -0.39 is 0 Å². The molecule has 0 aliphatic rings. The lowest BCUT2D eigenvalue weighted by atomic mass is 10.1. The summed E-state index contributed by atoms with van der Waals surface area (Å²) in [5, 5.41) is 5.87. The zero-order valence-corrected chi connectivity index (χ0v) is 16.8. The number of nitrogens with zero attached hydrogens (tertiary/aromatic N) is 2. The number of carbonyl (C=O) groups is 2. The third-order valence-corrected chi connectivity index (χ3v) is 4.40. The van der Waals surface area contributed by atoms with Crippen molar-refractivity contribution in [3.8, 4) is 11.4 Å². The first-order chi connectivity index (χ1) is 13.7. The first-order valence-electron chi connectivity index (χ1n) is 10.2. The van der Waals surface area contributed by atoms with E-state index in [1.807, 2.05) is 12.1 Å². The average Bonchev–Trinajstić information content (AvgIpc) is 2.69. The van der Waals surface area contributed by atoms with Gasteiger partial charge in [-0.05, 0) is 37.1 Å². The number of nitrogens with one attached hydrogen (secondary N) is 2. The summed E-state index contributed by atoms with van der Waals surface area (Å²) in [4.78, 5) is 33.3. The van der Waals surface area contributed by atoms with Crippen molar-refractivity contribution in [2.45, 2.75) is 65.2 Å². The summed E-state index contributed by atoms with van der Waals surface area (Å²) in [5.41, 5.74) is 2.31. The van der Waals surface area contributed by atoms with Crippen molar-refractivity contribution in [3.63, 3.8) is 0 Å². The van der Waals surface area contributed by atoms with Crippen molar-refractivity contribution in [1.82, 2.24) is 9.97 Å². The first kappa shape index (κ1) is 21.5. The molecule has 0 atom stereocenters. The molecule has 2 aromatic rings. The van der Waals surface area contributed by atoms with E-state index in [2.05, 4.69) is 34.4 Å². The Hall–Kier alpha value is -2.76. The van der Waals surface area contributed by atoms with Crippen LogP contribution in [0.3, 0.4) is 0 Å². The molecular weight excluding hydrogens is 352 g/mol. The predicted molar refractivity (Wildman–Crippen MR) is 113 cm³/mol. The smallest absolute Gasteiger partial charge is 0.224 e. The van der Waals surface area contributed by atoms with Crippen LogP contribution in [0, 0.1) is 0 Å². The number of unbranched alkanes of at least 4 members (excludes halogenated alkanes) is 4. The second-order valence-corrected chi connectivity index (χ2v) is 6.81. The molecule has 2 N–H and O–H groups in total. The van der Waals surface area contributed by atoms with Crippen molar-refractivity contribution < 1.29 is 9.59 Å². The summed E-state index contributed by atoms with van der Waals surface area (Å²) in [6.07, 6.45) is 10.2. The average molecular weight is 383 g/mol. The Bertz CT molecular complexity index is 711. The molecule has 2 amide bonds. The van der Waals surface area contributed by atoms with Gasteiger partial charge in [-0.15, -0.1) is 0 Å². The van der Waals surface area contributed by atoms with Gasteiger partial charge < -0.3 is 10.6 Å². The molecular formula is C22H30N4O2. The summed E-state index contributed by atoms with van der Waals surface area (Å²) in [5.74, 6) is -0.0763. The number of carbonyl (C=O) groups excluding carboxylic acids is 2. The van der Waals surface area contributed by atoms with Gasteiger partial charge in [0.25, 0.3) is 0 Å². The van der Waals surface area contributed by atoms with E-state index in [0.29, 0.717) is 35.6 Å². The Balaban J connectivity index is 2.17. The summed E-state index contributed by atoms with van der Waals surface area (Å²) in [6, 6.07) is 7.16. The van der Waals surface area contributed by atoms with Crippen molar-refractivity contribution in [2.24, 2.45) is 0 Å². The maximum Gasteiger partial charge on any atom is 0.224 e. The van der Waals surface area contributed by atoms with Crippen LogP contribution >= 0.6 is 0 Å². The minimum Gasteiger partial charge on any atom is -0.324 e. The minimum atomic E-state index is -0.0382. The fraction of sp³-hybridized carbons (Fsp3) is 0.455. The van der Waals surface area contributed by atoms with Crippen molar-refractivity contribution in [1.29, 1.82) is 0 Å². The van der Waals surface area contributed by atoms with E-state index in [-0.39, 0.29) is 11.8 Å². The molecule has 0 fully saturated rings. The molecule has 2 heterocycles. The van der Waals surface area contributed by atoms with E-state index >= 15 is 0 Å². The summed E-state index contributed by atoms with van der Waals surface area (Å²) < 4.78 is 0. The maximum absolute atomic E-state index is 12.3. The number of aromatic nitrogens is 2. The fourth-order valence-electron chi connectivity index (χ4n) is 2.89. The monoisotopic (exact) mass is 382 g/mol. The highest BCUT2D eigenvalue weighted by Crippen LogP contribution is 2.30. The molecule has 0 aliphatic carbocycles. The molecule has 0 unspecified atom stereocenters. The van der Waals surface area contributed by atoms with Crippen molar-refractivity contribution in [3.05, 3.63) is 36.7 Å². The normalized spacial score (nSPS) is 10.5. The van der Waals surface area contributed by atoms with Crippen LogP contribution in [0.15, 0.2) is 36.7 Å². The Morgan fingerprint density at radius 3 is 1.57 bits per heavy atom. The highest BCUT2D eigenvalue weighted by Gasteiger charge is 2.15. The number of pyridine rings is 2. The van der Waals surface area contributed by atoms with Gasteiger partial charge in [-0.25, -0.2) is 0 Å². The van der Waals surface area contributed by atoms with E-state index in [1.165, 1.54) is 0 Å². The van der Waals surface area contributed by atoms with Gasteiger partial charge in [0.2, 0.25) is 11.8 Å². The summed E-state index contributed by atoms with van der Waals surface area (Å²) in [7, 11) is 0. The number of hydrogen-bond acceptors (Lipinski definition) is 4. The van der Waals surface area contributed by atoms with Gasteiger partial charge in [0, 0.05) is 25.2 Å². The van der Waals surface area contributed by atoms with Gasteiger partial charge in [-0.3, -0.25) is 19.6 Å². The minimum absolute atomic E-state index is 0.0382. The Morgan fingerprint density at radius 2 is 1.18 bits per heavy atom. The van der Waals surface area contributed by atoms with Crippen molar-refractivity contribution >= 4 is 23.2 Å². The zero-order valence-electron chi connectivity index (χ0n) is 16.8. The van der Waals surface area contributed by atoms with E-state index in [1.54, 1.807) is 24.5 Å². The molecule has 0 radical (unpaired) electrons. The van der Waals surface area contributed by atoms with E-state index in [9.17, 15) is 9.59 Å². The molecule has 0 aliphatic heterocycles. The van der Waals surface area contributed by atoms with Crippen LogP contribution in [0.25, 0.3) is 11.4 Å². The van der Waals surface area contributed by atoms with Crippen LogP contribution in [0.2, 0.25) is 0 Å². The van der Waals surface area contributed by atoms with Gasteiger partial charge in [0.1, 0.15) is 11.4 Å². The largest absolute Gasteiger partial charge is 0.324 e. The SMILES string of the molecule is CCCCCC(=O)Nc1cccnc1-c1ncccc1NC(=O)CCCCC. The van der Waals surface area contributed by atoms with Gasteiger partial charge >= 0.3 is 0 Å². The lowest BCUT2D eigenvalue weighted by molar-refractivity contribution is -0.117. The molecule has 28 heavy (non-hydrogen) atoms. The van der Waals surface area contributed by atoms with Gasteiger partial charge in [0.05, 0.1) is 11.4 Å². The molecule has 0 saturated heterocycles. The number of amides is 2. The molecule has 150 valence electrons. The lowest BCUT2D eigenvalue weighted by Gasteiger charge is -2.13. The number of hydrogen-bond donors (Lipinski definition) is 2. The zero-order chi connectivity index (χ0) is 20.2. The standard InChI is InChI=1S/C22H30N4O2/c1-3-5-7-13-19(27)25-17-11-9-15-23-21(17)22-18(12-10-16-24-22)26-20(28)14-8-6-4-2/h9-12,15-16H,3-8,13-14H2,1-2H3,(H,25,27)(H,26,28). The topological polar surface area (TPSA) is 84.0 Å². The first-order valence-corrected chi connectivity index (χ1v) is 10.2. The lowest BCUT2D eigenvalue weighted by Crippen LogP contribution is -2.14. The highest BCUT2D eigenvalue weighted by molar-refractivity contribution is 5.98. The molecule has 2 rings (SSSR count). The van der Waals surface area contributed by atoms with Crippen LogP contribution < -0.4 is 10.6 Å². The molecule has 6 nitrogen and oxygen atoms in total. The second kappa shape index (κ2) is 11.8. The van der Waals surface area contributed by atoms with Crippen LogP contribution in [0.5, 0.6) is 0 Å². The van der Waals surface area contributed by atoms with Gasteiger partial charge in [-0.1, -0.05) is 39.5 Å². The van der Waals surface area contributed by atoms with Gasteiger partial charge in [0.15, 0.2) is 0 Å². The quantitative estimate of drug-likeness (QED) is 0.524. The maximum atomic E-state index is 12.3. The summed E-state index contributed by atoms with van der Waals surface area (Å²) >= 11 is 0.